The van der Waals surface area contributed by atoms with Gasteiger partial charge in [0, 0.05) is 12.2 Å². The van der Waals surface area contributed by atoms with Gasteiger partial charge >= 0.3 is 0 Å². The first-order valence-corrected chi connectivity index (χ1v) is 5.16. The van der Waals surface area contributed by atoms with Gasteiger partial charge in [0.2, 0.25) is 0 Å². The molecule has 0 unspecified atom stereocenters. The SMILES string of the molecule is C/C(=N\CCN(C)C)Nc1ccccc1. The van der Waals surface area contributed by atoms with Gasteiger partial charge in [-0.1, -0.05) is 18.2 Å². The van der Waals surface area contributed by atoms with Gasteiger partial charge < -0.3 is 10.2 Å². The molecule has 0 aromatic heterocycles. The number of hydrogen-bond acceptors (Lipinski definition) is 2. The Morgan fingerprint density at radius 3 is 2.53 bits per heavy atom. The Labute approximate surface area is 91.8 Å². The molecule has 3 nitrogen and oxygen atoms in total. The van der Waals surface area contributed by atoms with E-state index in [0.29, 0.717) is 0 Å². The van der Waals surface area contributed by atoms with Crippen LogP contribution in [0.1, 0.15) is 6.92 Å². The summed E-state index contributed by atoms with van der Waals surface area (Å²) >= 11 is 0. The molecule has 1 aromatic rings. The van der Waals surface area contributed by atoms with Gasteiger partial charge in [-0.05, 0) is 33.2 Å². The summed E-state index contributed by atoms with van der Waals surface area (Å²) in [5.74, 6) is 0.961. The minimum atomic E-state index is 0.832. The van der Waals surface area contributed by atoms with E-state index in [1.165, 1.54) is 0 Å². The van der Waals surface area contributed by atoms with Crippen molar-refractivity contribution in [2.75, 3.05) is 32.5 Å². The third-order valence-electron chi connectivity index (χ3n) is 2.00. The lowest BCUT2D eigenvalue weighted by molar-refractivity contribution is 0.420. The van der Waals surface area contributed by atoms with Crippen molar-refractivity contribution in [2.24, 2.45) is 4.99 Å². The Bertz CT molecular complexity index is 304. The van der Waals surface area contributed by atoms with Crippen LogP contribution in [0, 0.1) is 0 Å². The van der Waals surface area contributed by atoms with Gasteiger partial charge in [0.15, 0.2) is 0 Å². The van der Waals surface area contributed by atoms with Crippen LogP contribution in [-0.2, 0) is 0 Å². The molecule has 1 rings (SSSR count). The maximum atomic E-state index is 4.42. The normalized spacial score (nSPS) is 11.9. The number of amidine groups is 1. The summed E-state index contributed by atoms with van der Waals surface area (Å²) in [6.07, 6.45) is 0. The number of nitrogens with zero attached hydrogens (tertiary/aromatic N) is 2. The summed E-state index contributed by atoms with van der Waals surface area (Å²) in [5, 5.41) is 3.25. The summed E-state index contributed by atoms with van der Waals surface area (Å²) in [7, 11) is 4.10. The van der Waals surface area contributed by atoms with Gasteiger partial charge in [0.05, 0.1) is 12.4 Å². The molecule has 0 aliphatic heterocycles. The van der Waals surface area contributed by atoms with Gasteiger partial charge in [0.25, 0.3) is 0 Å². The van der Waals surface area contributed by atoms with Crippen LogP contribution >= 0.6 is 0 Å². The Morgan fingerprint density at radius 1 is 1.27 bits per heavy atom. The van der Waals surface area contributed by atoms with Crippen molar-refractivity contribution < 1.29 is 0 Å². The van der Waals surface area contributed by atoms with Gasteiger partial charge in [-0.25, -0.2) is 0 Å². The summed E-state index contributed by atoms with van der Waals surface area (Å²) in [4.78, 5) is 6.55. The first-order chi connectivity index (χ1) is 7.18. The quantitative estimate of drug-likeness (QED) is 0.602. The van der Waals surface area contributed by atoms with E-state index in [1.807, 2.05) is 37.3 Å². The molecule has 0 aliphatic rings. The highest BCUT2D eigenvalue weighted by atomic mass is 15.1. The van der Waals surface area contributed by atoms with E-state index in [2.05, 4.69) is 29.3 Å². The zero-order chi connectivity index (χ0) is 11.1. The summed E-state index contributed by atoms with van der Waals surface area (Å²) in [6, 6.07) is 10.1. The fraction of sp³-hybridized carbons (Fsp3) is 0.417. The lowest BCUT2D eigenvalue weighted by atomic mass is 10.3. The molecule has 0 aliphatic carbocycles. The lowest BCUT2D eigenvalue weighted by Gasteiger charge is -2.08. The molecule has 0 saturated heterocycles. The fourth-order valence-electron chi connectivity index (χ4n) is 1.19. The van der Waals surface area contributed by atoms with Crippen LogP contribution in [0.15, 0.2) is 35.3 Å². The van der Waals surface area contributed by atoms with Crippen molar-refractivity contribution in [1.82, 2.24) is 4.90 Å². The molecular weight excluding hydrogens is 186 g/mol. The second-order valence-corrected chi connectivity index (χ2v) is 3.76. The largest absolute Gasteiger partial charge is 0.344 e. The number of hydrogen-bond donors (Lipinski definition) is 1. The van der Waals surface area contributed by atoms with Crippen LogP contribution in [0.25, 0.3) is 0 Å². The lowest BCUT2D eigenvalue weighted by Crippen LogP contribution is -2.17. The predicted molar refractivity (Wildman–Crippen MR) is 66.6 cm³/mol. The standard InChI is InChI=1S/C12H19N3/c1-11(13-9-10-15(2)3)14-12-7-5-4-6-8-12/h4-8H,9-10H2,1-3H3,(H,13,14). The maximum Gasteiger partial charge on any atom is 0.0976 e. The van der Waals surface area contributed by atoms with Crippen LogP contribution in [0.4, 0.5) is 5.69 Å². The first-order valence-electron chi connectivity index (χ1n) is 5.16. The summed E-state index contributed by atoms with van der Waals surface area (Å²) < 4.78 is 0. The average Bonchev–Trinajstić information content (AvgIpc) is 2.18. The molecule has 0 heterocycles. The zero-order valence-corrected chi connectivity index (χ0v) is 9.70. The van der Waals surface area contributed by atoms with Gasteiger partial charge in [-0.2, -0.15) is 0 Å². The smallest absolute Gasteiger partial charge is 0.0976 e. The average molecular weight is 205 g/mol. The van der Waals surface area contributed by atoms with Crippen LogP contribution in [0.3, 0.4) is 0 Å². The second-order valence-electron chi connectivity index (χ2n) is 3.76. The number of benzene rings is 1. The van der Waals surface area contributed by atoms with Crippen LogP contribution in [0.2, 0.25) is 0 Å². The molecule has 0 bridgehead atoms. The molecule has 15 heavy (non-hydrogen) atoms. The topological polar surface area (TPSA) is 27.6 Å². The van der Waals surface area contributed by atoms with Crippen molar-refractivity contribution in [3.8, 4) is 0 Å². The molecule has 0 amide bonds. The summed E-state index contributed by atoms with van der Waals surface area (Å²) in [6.45, 7) is 3.80. The molecule has 82 valence electrons. The third-order valence-corrected chi connectivity index (χ3v) is 2.00. The zero-order valence-electron chi connectivity index (χ0n) is 9.70. The number of rotatable bonds is 4. The molecule has 0 radical (unpaired) electrons. The molecule has 0 fully saturated rings. The Hall–Kier alpha value is -1.35. The Morgan fingerprint density at radius 2 is 1.93 bits per heavy atom. The molecule has 1 aromatic carbocycles. The highest BCUT2D eigenvalue weighted by Crippen LogP contribution is 2.04. The van der Waals surface area contributed by atoms with E-state index in [9.17, 15) is 0 Å². The molecule has 0 spiro atoms. The number of para-hydroxylation sites is 1. The highest BCUT2D eigenvalue weighted by molar-refractivity contribution is 5.93. The van der Waals surface area contributed by atoms with Crippen molar-refractivity contribution in [2.45, 2.75) is 6.92 Å². The first kappa shape index (κ1) is 11.7. The van der Waals surface area contributed by atoms with Crippen molar-refractivity contribution >= 4 is 11.5 Å². The van der Waals surface area contributed by atoms with Gasteiger partial charge in [-0.3, -0.25) is 4.99 Å². The van der Waals surface area contributed by atoms with Crippen molar-refractivity contribution in [3.05, 3.63) is 30.3 Å². The Kier molecular flexibility index (Phi) is 4.84. The maximum absolute atomic E-state index is 4.42. The third kappa shape index (κ3) is 5.18. The molecule has 0 atom stereocenters. The minimum Gasteiger partial charge on any atom is -0.344 e. The fourth-order valence-corrected chi connectivity index (χ4v) is 1.19. The molecule has 0 saturated carbocycles. The Balaban J connectivity index is 2.38. The number of aliphatic imine (C=N–C) groups is 1. The van der Waals surface area contributed by atoms with E-state index >= 15 is 0 Å². The van der Waals surface area contributed by atoms with E-state index in [1.54, 1.807) is 0 Å². The van der Waals surface area contributed by atoms with Crippen LogP contribution < -0.4 is 5.32 Å². The number of nitrogens with one attached hydrogen (secondary N) is 1. The predicted octanol–water partition coefficient (Wildman–Crippen LogP) is 2.08. The van der Waals surface area contributed by atoms with E-state index in [4.69, 9.17) is 0 Å². The number of anilines is 1. The van der Waals surface area contributed by atoms with Crippen LogP contribution in [0.5, 0.6) is 0 Å². The number of likely N-dealkylation sites (N-methyl/N-ethyl adjacent to an activating group) is 1. The van der Waals surface area contributed by atoms with Gasteiger partial charge in [-0.15, -0.1) is 0 Å². The monoisotopic (exact) mass is 205 g/mol. The molecule has 3 heteroatoms. The van der Waals surface area contributed by atoms with Crippen molar-refractivity contribution in [3.63, 3.8) is 0 Å². The van der Waals surface area contributed by atoms with E-state index in [-0.39, 0.29) is 0 Å². The van der Waals surface area contributed by atoms with E-state index < -0.39 is 0 Å². The van der Waals surface area contributed by atoms with E-state index in [0.717, 1.165) is 24.6 Å². The van der Waals surface area contributed by atoms with Gasteiger partial charge in [0.1, 0.15) is 0 Å². The second kappa shape index (κ2) is 6.19. The molecular formula is C12H19N3. The van der Waals surface area contributed by atoms with Crippen molar-refractivity contribution in [1.29, 1.82) is 0 Å². The minimum absolute atomic E-state index is 0.832. The van der Waals surface area contributed by atoms with Crippen LogP contribution in [-0.4, -0.2) is 37.9 Å². The summed E-state index contributed by atoms with van der Waals surface area (Å²) in [5.41, 5.74) is 1.09. The molecule has 1 N–H and O–H groups in total. The highest BCUT2D eigenvalue weighted by Gasteiger charge is 1.92.